The van der Waals surface area contributed by atoms with Crippen molar-refractivity contribution in [3.8, 4) is 0 Å². The number of hydrogen-bond acceptors (Lipinski definition) is 3. The van der Waals surface area contributed by atoms with Gasteiger partial charge in [0.05, 0.1) is 16.3 Å². The molecule has 3 nitrogen and oxygen atoms in total. The van der Waals surface area contributed by atoms with Crippen LogP contribution < -0.4 is 0 Å². The largest absolute Gasteiger partial charge is 0.329 e. The molecule has 1 aliphatic heterocycles. The van der Waals surface area contributed by atoms with E-state index in [1.807, 2.05) is 41.3 Å². The van der Waals surface area contributed by atoms with Crippen LogP contribution in [0.25, 0.3) is 10.2 Å². The molecule has 0 N–H and O–H groups in total. The number of aromatic nitrogens is 1. The number of rotatable bonds is 2. The minimum absolute atomic E-state index is 0.108. The molecule has 2 heterocycles. The topological polar surface area (TPSA) is 33.2 Å². The van der Waals surface area contributed by atoms with Gasteiger partial charge in [-0.1, -0.05) is 18.2 Å². The summed E-state index contributed by atoms with van der Waals surface area (Å²) in [6, 6.07) is 14.3. The summed E-state index contributed by atoms with van der Waals surface area (Å²) in [7, 11) is 0. The van der Waals surface area contributed by atoms with E-state index in [4.69, 9.17) is 4.98 Å². The number of likely N-dealkylation sites (tertiary alicyclic amines) is 1. The molecule has 4 rings (SSSR count). The van der Waals surface area contributed by atoms with Gasteiger partial charge in [-0.3, -0.25) is 4.79 Å². The Morgan fingerprint density at radius 1 is 1.17 bits per heavy atom. The maximum absolute atomic E-state index is 13.0. The zero-order valence-electron chi connectivity index (χ0n) is 14.0. The van der Waals surface area contributed by atoms with Crippen molar-refractivity contribution in [2.45, 2.75) is 32.7 Å². The average molecular weight is 336 g/mol. The first-order valence-corrected chi connectivity index (χ1v) is 9.19. The fourth-order valence-corrected chi connectivity index (χ4v) is 4.45. The van der Waals surface area contributed by atoms with Crippen molar-refractivity contribution >= 4 is 27.5 Å². The van der Waals surface area contributed by atoms with E-state index in [1.165, 1.54) is 10.3 Å². The zero-order chi connectivity index (χ0) is 16.7. The Bertz CT molecular complexity index is 882. The van der Waals surface area contributed by atoms with Crippen LogP contribution in [0.3, 0.4) is 0 Å². The van der Waals surface area contributed by atoms with Gasteiger partial charge in [-0.25, -0.2) is 4.98 Å². The van der Waals surface area contributed by atoms with Crippen LogP contribution in [0.5, 0.6) is 0 Å². The van der Waals surface area contributed by atoms with Crippen molar-refractivity contribution in [2.75, 3.05) is 6.54 Å². The Labute approximate surface area is 146 Å². The van der Waals surface area contributed by atoms with Gasteiger partial charge in [0.1, 0.15) is 5.01 Å². The van der Waals surface area contributed by atoms with E-state index in [2.05, 4.69) is 19.9 Å². The van der Waals surface area contributed by atoms with Gasteiger partial charge < -0.3 is 4.90 Å². The van der Waals surface area contributed by atoms with Crippen molar-refractivity contribution in [1.29, 1.82) is 0 Å². The normalized spacial score (nSPS) is 17.6. The van der Waals surface area contributed by atoms with Crippen LogP contribution in [0.15, 0.2) is 42.5 Å². The second-order valence-corrected chi connectivity index (χ2v) is 7.54. The number of amides is 1. The van der Waals surface area contributed by atoms with E-state index < -0.39 is 0 Å². The predicted molar refractivity (Wildman–Crippen MR) is 98.5 cm³/mol. The summed E-state index contributed by atoms with van der Waals surface area (Å²) < 4.78 is 1.19. The van der Waals surface area contributed by atoms with Gasteiger partial charge in [-0.2, -0.15) is 0 Å². The maximum atomic E-state index is 13.0. The van der Waals surface area contributed by atoms with E-state index >= 15 is 0 Å². The fraction of sp³-hybridized carbons (Fsp3) is 0.300. The Morgan fingerprint density at radius 2 is 2.00 bits per heavy atom. The molecule has 4 heteroatoms. The summed E-state index contributed by atoms with van der Waals surface area (Å²) in [6.45, 7) is 4.94. The van der Waals surface area contributed by atoms with Crippen molar-refractivity contribution < 1.29 is 4.79 Å². The van der Waals surface area contributed by atoms with Crippen LogP contribution >= 0.6 is 11.3 Å². The number of benzene rings is 2. The molecule has 0 saturated carbocycles. The SMILES string of the molecule is Cc1ccc(C(=O)N2CCCC2c2nc3ccccc3s2)cc1C. The van der Waals surface area contributed by atoms with Crippen LogP contribution in [0, 0.1) is 13.8 Å². The van der Waals surface area contributed by atoms with Crippen molar-refractivity contribution in [1.82, 2.24) is 9.88 Å². The monoisotopic (exact) mass is 336 g/mol. The number of nitrogens with zero attached hydrogens (tertiary/aromatic N) is 2. The minimum atomic E-state index is 0.108. The quantitative estimate of drug-likeness (QED) is 0.667. The lowest BCUT2D eigenvalue weighted by molar-refractivity contribution is 0.0735. The Balaban J connectivity index is 1.66. The average Bonchev–Trinajstić information content (AvgIpc) is 3.22. The third-order valence-corrected chi connectivity index (χ3v) is 6.00. The van der Waals surface area contributed by atoms with Crippen molar-refractivity contribution in [3.63, 3.8) is 0 Å². The lowest BCUT2D eigenvalue weighted by atomic mass is 10.1. The summed E-state index contributed by atoms with van der Waals surface area (Å²) in [5, 5.41) is 1.06. The molecule has 0 aliphatic carbocycles. The molecule has 24 heavy (non-hydrogen) atoms. The smallest absolute Gasteiger partial charge is 0.254 e. The molecule has 3 aromatic rings. The second kappa shape index (κ2) is 6.02. The molecule has 1 atom stereocenters. The second-order valence-electron chi connectivity index (χ2n) is 6.48. The number of fused-ring (bicyclic) bond motifs is 1. The Hall–Kier alpha value is -2.20. The number of hydrogen-bond donors (Lipinski definition) is 0. The van der Waals surface area contributed by atoms with Crippen molar-refractivity contribution in [2.24, 2.45) is 0 Å². The third kappa shape index (κ3) is 2.61. The molecule has 1 amide bonds. The highest BCUT2D eigenvalue weighted by molar-refractivity contribution is 7.18. The molecular weight excluding hydrogens is 316 g/mol. The van der Waals surface area contributed by atoms with E-state index in [0.29, 0.717) is 0 Å². The van der Waals surface area contributed by atoms with E-state index in [0.717, 1.165) is 41.0 Å². The highest BCUT2D eigenvalue weighted by Crippen LogP contribution is 2.37. The maximum Gasteiger partial charge on any atom is 0.254 e. The summed E-state index contributed by atoms with van der Waals surface area (Å²) in [6.07, 6.45) is 2.04. The van der Waals surface area contributed by atoms with Crippen LogP contribution in [0.1, 0.15) is 45.4 Å². The molecule has 1 aromatic heterocycles. The van der Waals surface area contributed by atoms with Crippen molar-refractivity contribution in [3.05, 3.63) is 64.2 Å². The summed E-state index contributed by atoms with van der Waals surface area (Å²) in [4.78, 5) is 19.8. The van der Waals surface area contributed by atoms with Crippen LogP contribution in [-0.2, 0) is 0 Å². The van der Waals surface area contributed by atoms with E-state index in [9.17, 15) is 4.79 Å². The van der Waals surface area contributed by atoms with Gasteiger partial charge in [0.15, 0.2) is 0 Å². The fourth-order valence-electron chi connectivity index (χ4n) is 3.34. The Morgan fingerprint density at radius 3 is 2.79 bits per heavy atom. The third-order valence-electron chi connectivity index (χ3n) is 4.86. The molecule has 0 radical (unpaired) electrons. The number of aryl methyl sites for hydroxylation is 2. The molecule has 1 saturated heterocycles. The molecule has 2 aromatic carbocycles. The molecule has 1 unspecified atom stereocenters. The number of para-hydroxylation sites is 1. The molecule has 1 fully saturated rings. The molecule has 0 bridgehead atoms. The van der Waals surface area contributed by atoms with Gasteiger partial charge in [-0.15, -0.1) is 11.3 Å². The summed E-state index contributed by atoms with van der Waals surface area (Å²) >= 11 is 1.71. The molecular formula is C20H20N2OS. The van der Waals surface area contributed by atoms with Gasteiger partial charge in [0.2, 0.25) is 0 Å². The van der Waals surface area contributed by atoms with E-state index in [-0.39, 0.29) is 11.9 Å². The first-order chi connectivity index (χ1) is 11.6. The van der Waals surface area contributed by atoms with Crippen LogP contribution in [0.4, 0.5) is 0 Å². The Kier molecular flexibility index (Phi) is 3.85. The molecule has 0 spiro atoms. The highest BCUT2D eigenvalue weighted by atomic mass is 32.1. The number of thiazole rings is 1. The predicted octanol–water partition coefficient (Wildman–Crippen LogP) is 4.89. The first kappa shape index (κ1) is 15.3. The standard InChI is InChI=1S/C20H20N2OS/c1-13-9-10-15(12-14(13)2)20(23)22-11-5-7-17(22)19-21-16-6-3-4-8-18(16)24-19/h3-4,6,8-10,12,17H,5,7,11H2,1-2H3. The van der Waals surface area contributed by atoms with Gasteiger partial charge in [-0.05, 0) is 62.1 Å². The summed E-state index contributed by atoms with van der Waals surface area (Å²) in [5.74, 6) is 0.125. The van der Waals surface area contributed by atoms with Crippen LogP contribution in [-0.4, -0.2) is 22.3 Å². The van der Waals surface area contributed by atoms with Gasteiger partial charge in [0, 0.05) is 12.1 Å². The lowest BCUT2D eigenvalue weighted by Gasteiger charge is -2.23. The van der Waals surface area contributed by atoms with Gasteiger partial charge >= 0.3 is 0 Å². The van der Waals surface area contributed by atoms with Gasteiger partial charge in [0.25, 0.3) is 5.91 Å². The zero-order valence-corrected chi connectivity index (χ0v) is 14.8. The van der Waals surface area contributed by atoms with E-state index in [1.54, 1.807) is 11.3 Å². The van der Waals surface area contributed by atoms with Crippen LogP contribution in [0.2, 0.25) is 0 Å². The minimum Gasteiger partial charge on any atom is -0.329 e. The lowest BCUT2D eigenvalue weighted by Crippen LogP contribution is -2.30. The number of carbonyl (C=O) groups is 1. The highest BCUT2D eigenvalue weighted by Gasteiger charge is 2.32. The summed E-state index contributed by atoms with van der Waals surface area (Å²) in [5.41, 5.74) is 4.20. The molecule has 1 aliphatic rings. The number of carbonyl (C=O) groups excluding carboxylic acids is 1. The molecule has 122 valence electrons. The first-order valence-electron chi connectivity index (χ1n) is 8.37.